The zero-order valence-electron chi connectivity index (χ0n) is 14.8. The van der Waals surface area contributed by atoms with E-state index in [9.17, 15) is 9.59 Å². The highest BCUT2D eigenvalue weighted by Crippen LogP contribution is 2.16. The van der Waals surface area contributed by atoms with Crippen LogP contribution in [0.2, 0.25) is 0 Å². The second kappa shape index (κ2) is 7.95. The van der Waals surface area contributed by atoms with Crippen LogP contribution in [0.15, 0.2) is 24.3 Å². The van der Waals surface area contributed by atoms with E-state index in [4.69, 9.17) is 0 Å². The Balaban J connectivity index is 2.23. The summed E-state index contributed by atoms with van der Waals surface area (Å²) >= 11 is 0. The second-order valence-electron chi connectivity index (χ2n) is 6.35. The lowest BCUT2D eigenvalue weighted by Crippen LogP contribution is -2.35. The van der Waals surface area contributed by atoms with Gasteiger partial charge in [-0.05, 0) is 25.5 Å². The molecule has 2 N–H and O–H groups in total. The quantitative estimate of drug-likeness (QED) is 0.817. The Morgan fingerprint density at radius 3 is 2.58 bits per heavy atom. The van der Waals surface area contributed by atoms with Crippen LogP contribution in [0.1, 0.15) is 39.9 Å². The molecule has 0 radical (unpaired) electrons. The molecule has 130 valence electrons. The molecular formula is C18H26N4O2. The lowest BCUT2D eigenvalue weighted by Gasteiger charge is -2.14. The molecule has 0 saturated carbocycles. The van der Waals surface area contributed by atoms with Crippen molar-refractivity contribution in [1.82, 2.24) is 20.2 Å². The third-order valence-electron chi connectivity index (χ3n) is 4.00. The summed E-state index contributed by atoms with van der Waals surface area (Å²) in [7, 11) is 0. The molecule has 0 aliphatic heterocycles. The molecule has 24 heavy (non-hydrogen) atoms. The van der Waals surface area contributed by atoms with Gasteiger partial charge in [0.05, 0.1) is 17.6 Å². The highest BCUT2D eigenvalue weighted by Gasteiger charge is 2.15. The van der Waals surface area contributed by atoms with E-state index in [-0.39, 0.29) is 30.3 Å². The summed E-state index contributed by atoms with van der Waals surface area (Å²) in [6, 6.07) is 7.81. The number of amides is 2. The van der Waals surface area contributed by atoms with Crippen molar-refractivity contribution in [3.05, 3.63) is 30.1 Å². The van der Waals surface area contributed by atoms with Crippen LogP contribution in [0.5, 0.6) is 0 Å². The minimum atomic E-state index is -0.0865. The van der Waals surface area contributed by atoms with Crippen molar-refractivity contribution >= 4 is 22.8 Å². The van der Waals surface area contributed by atoms with Crippen LogP contribution in [0.25, 0.3) is 11.0 Å². The van der Waals surface area contributed by atoms with Crippen LogP contribution < -0.4 is 10.6 Å². The molecule has 6 heteroatoms. The zero-order valence-corrected chi connectivity index (χ0v) is 14.8. The number of aromatic nitrogens is 2. The maximum absolute atomic E-state index is 12.3. The summed E-state index contributed by atoms with van der Waals surface area (Å²) in [6.07, 6.45) is 0.883. The van der Waals surface area contributed by atoms with Gasteiger partial charge in [0.2, 0.25) is 11.8 Å². The molecule has 1 heterocycles. The molecule has 2 amide bonds. The van der Waals surface area contributed by atoms with E-state index in [2.05, 4.69) is 15.6 Å². The molecule has 2 rings (SSSR count). The van der Waals surface area contributed by atoms with Gasteiger partial charge >= 0.3 is 0 Å². The minimum absolute atomic E-state index is 0.0299. The van der Waals surface area contributed by atoms with E-state index in [1.54, 1.807) is 0 Å². The van der Waals surface area contributed by atoms with Crippen LogP contribution in [0.3, 0.4) is 0 Å². The lowest BCUT2D eigenvalue weighted by molar-refractivity contribution is -0.124. The largest absolute Gasteiger partial charge is 0.352 e. The number of carbonyl (C=O) groups excluding carboxylic acids is 2. The number of nitrogens with one attached hydrogen (secondary N) is 2. The monoisotopic (exact) mass is 330 g/mol. The van der Waals surface area contributed by atoms with Crippen LogP contribution in [-0.4, -0.2) is 27.4 Å². The zero-order chi connectivity index (χ0) is 17.7. The number of hydrogen-bond acceptors (Lipinski definition) is 3. The molecule has 6 nitrogen and oxygen atoms in total. The van der Waals surface area contributed by atoms with Crippen LogP contribution >= 0.6 is 0 Å². The van der Waals surface area contributed by atoms with Gasteiger partial charge in [-0.3, -0.25) is 9.59 Å². The summed E-state index contributed by atoms with van der Waals surface area (Å²) in [5, 5.41) is 5.84. The first-order chi connectivity index (χ1) is 11.4. The van der Waals surface area contributed by atoms with Gasteiger partial charge in [-0.2, -0.15) is 0 Å². The number of benzene rings is 1. The lowest BCUT2D eigenvalue weighted by atomic mass is 10.2. The average Bonchev–Trinajstić information content (AvgIpc) is 2.90. The first-order valence-electron chi connectivity index (χ1n) is 8.43. The average molecular weight is 330 g/mol. The van der Waals surface area contributed by atoms with Crippen LogP contribution in [0, 0.1) is 5.92 Å². The number of hydrogen-bond donors (Lipinski definition) is 2. The molecule has 2 aromatic rings. The van der Waals surface area contributed by atoms with Crippen molar-refractivity contribution < 1.29 is 9.59 Å². The van der Waals surface area contributed by atoms with E-state index in [1.165, 1.54) is 0 Å². The molecule has 0 bridgehead atoms. The Bertz CT molecular complexity index is 721. The second-order valence-corrected chi connectivity index (χ2v) is 6.35. The van der Waals surface area contributed by atoms with E-state index in [0.29, 0.717) is 12.4 Å². The Morgan fingerprint density at radius 2 is 1.92 bits per heavy atom. The normalized spacial score (nSPS) is 12.4. The van der Waals surface area contributed by atoms with E-state index < -0.39 is 0 Å². The third kappa shape index (κ3) is 4.34. The molecule has 1 atom stereocenters. The Kier molecular flexibility index (Phi) is 5.95. The summed E-state index contributed by atoms with van der Waals surface area (Å²) in [5.41, 5.74) is 1.72. The molecule has 0 aliphatic rings. The fraction of sp³-hybridized carbons (Fsp3) is 0.500. The number of imidazole rings is 1. The van der Waals surface area contributed by atoms with Gasteiger partial charge in [-0.25, -0.2) is 4.98 Å². The maximum Gasteiger partial charge on any atom is 0.240 e. The molecule has 1 unspecified atom stereocenters. The number of fused-ring (bicyclic) bond motifs is 1. The molecule has 0 aliphatic carbocycles. The van der Waals surface area contributed by atoms with Gasteiger partial charge < -0.3 is 15.2 Å². The van der Waals surface area contributed by atoms with Crippen molar-refractivity contribution in [3.63, 3.8) is 0 Å². The molecule has 0 saturated heterocycles. The molecular weight excluding hydrogens is 304 g/mol. The van der Waals surface area contributed by atoms with E-state index in [1.807, 2.05) is 56.5 Å². The first kappa shape index (κ1) is 18.0. The van der Waals surface area contributed by atoms with E-state index in [0.717, 1.165) is 17.5 Å². The summed E-state index contributed by atoms with van der Waals surface area (Å²) < 4.78 is 1.87. The van der Waals surface area contributed by atoms with Gasteiger partial charge in [0.1, 0.15) is 12.4 Å². The molecule has 0 spiro atoms. The van der Waals surface area contributed by atoms with Crippen molar-refractivity contribution in [1.29, 1.82) is 0 Å². The highest BCUT2D eigenvalue weighted by molar-refractivity contribution is 5.81. The van der Waals surface area contributed by atoms with Gasteiger partial charge in [0, 0.05) is 12.0 Å². The van der Waals surface area contributed by atoms with Gasteiger partial charge in [-0.1, -0.05) is 32.9 Å². The smallest absolute Gasteiger partial charge is 0.240 e. The number of rotatable bonds is 7. The topological polar surface area (TPSA) is 76.0 Å². The standard InChI is InChI=1S/C18H26N4O2/c1-5-13(4)20-17(23)11-22-15-9-7-6-8-14(15)21-16(22)10-19-18(24)12(2)3/h6-9,12-13H,5,10-11H2,1-4H3,(H,19,24)(H,20,23). The Hall–Kier alpha value is -2.37. The predicted octanol–water partition coefficient (Wildman–Crippen LogP) is 2.22. The number of nitrogens with zero attached hydrogens (tertiary/aromatic N) is 2. The maximum atomic E-state index is 12.3. The fourth-order valence-corrected chi connectivity index (χ4v) is 2.37. The Morgan fingerprint density at radius 1 is 1.21 bits per heavy atom. The van der Waals surface area contributed by atoms with Gasteiger partial charge in [-0.15, -0.1) is 0 Å². The summed E-state index contributed by atoms with van der Waals surface area (Å²) in [4.78, 5) is 28.7. The number of carbonyl (C=O) groups is 2. The third-order valence-corrected chi connectivity index (χ3v) is 4.00. The number of para-hydroxylation sites is 2. The van der Waals surface area contributed by atoms with E-state index >= 15 is 0 Å². The van der Waals surface area contributed by atoms with Crippen LogP contribution in [-0.2, 0) is 22.7 Å². The molecule has 1 aromatic heterocycles. The SMILES string of the molecule is CCC(C)NC(=O)Cn1c(CNC(=O)C(C)C)nc2ccccc21. The van der Waals surface area contributed by atoms with Gasteiger partial charge in [0.15, 0.2) is 0 Å². The van der Waals surface area contributed by atoms with Crippen molar-refractivity contribution in [2.45, 2.75) is 53.2 Å². The molecule has 1 aromatic carbocycles. The first-order valence-corrected chi connectivity index (χ1v) is 8.43. The predicted molar refractivity (Wildman–Crippen MR) is 94.3 cm³/mol. The highest BCUT2D eigenvalue weighted by atomic mass is 16.2. The van der Waals surface area contributed by atoms with Gasteiger partial charge in [0.25, 0.3) is 0 Å². The summed E-state index contributed by atoms with van der Waals surface area (Å²) in [6.45, 7) is 8.20. The van der Waals surface area contributed by atoms with Crippen LogP contribution in [0.4, 0.5) is 0 Å². The van der Waals surface area contributed by atoms with Crippen molar-refractivity contribution in [3.8, 4) is 0 Å². The summed E-state index contributed by atoms with van der Waals surface area (Å²) in [5.74, 6) is 0.516. The van der Waals surface area contributed by atoms with Crippen molar-refractivity contribution in [2.75, 3.05) is 0 Å². The minimum Gasteiger partial charge on any atom is -0.352 e. The molecule has 0 fully saturated rings. The fourth-order valence-electron chi connectivity index (χ4n) is 2.37. The Labute approximate surface area is 142 Å². The van der Waals surface area contributed by atoms with Crippen molar-refractivity contribution in [2.24, 2.45) is 5.92 Å².